The van der Waals surface area contributed by atoms with Crippen LogP contribution in [0.15, 0.2) is 11.5 Å². The van der Waals surface area contributed by atoms with E-state index >= 15 is 0 Å². The van der Waals surface area contributed by atoms with Gasteiger partial charge in [-0.15, -0.1) is 0 Å². The second-order valence-electron chi connectivity index (χ2n) is 6.65. The number of nitrogens with zero attached hydrogens (tertiary/aromatic N) is 4. The van der Waals surface area contributed by atoms with Crippen molar-refractivity contribution in [2.24, 2.45) is 0 Å². The number of fused-ring (bicyclic) bond motifs is 1. The Balaban J connectivity index is 1.80. The molecule has 174 valence electrons. The van der Waals surface area contributed by atoms with Crippen molar-refractivity contribution in [2.45, 2.75) is 42.9 Å². The maximum Gasteiger partial charge on any atom is 0.389 e. The van der Waals surface area contributed by atoms with Crippen molar-refractivity contribution < 1.29 is 32.2 Å². The van der Waals surface area contributed by atoms with E-state index < -0.39 is 27.4 Å². The molecule has 0 bridgehead atoms. The van der Waals surface area contributed by atoms with Gasteiger partial charge in [0.15, 0.2) is 22.1 Å². The summed E-state index contributed by atoms with van der Waals surface area (Å²) in [7, 11) is -2.45. The lowest BCUT2D eigenvalue weighted by atomic mass is 10.2. The maximum atomic E-state index is 12.5. The molecule has 1 fully saturated rings. The van der Waals surface area contributed by atoms with Gasteiger partial charge in [-0.2, -0.15) is 24.9 Å². The monoisotopic (exact) mass is 501 g/mol. The van der Waals surface area contributed by atoms with Crippen LogP contribution in [-0.2, 0) is 9.26 Å². The molecule has 1 saturated heterocycles. The molecule has 2 aromatic heterocycles. The smallest absolute Gasteiger partial charge is 0.367 e. The van der Waals surface area contributed by atoms with Gasteiger partial charge in [0.1, 0.15) is 6.23 Å². The zero-order chi connectivity index (χ0) is 22.4. The van der Waals surface area contributed by atoms with Crippen LogP contribution in [0.5, 0.6) is 0 Å². The first-order chi connectivity index (χ1) is 14.8. The summed E-state index contributed by atoms with van der Waals surface area (Å²) < 4.78 is 50.1. The Bertz CT molecular complexity index is 861. The quantitative estimate of drug-likeness (QED) is 0.183. The molecular formula is C16H23F3N5O4PS2. The Morgan fingerprint density at radius 2 is 2.13 bits per heavy atom. The number of nitrogens with one attached hydrogen (secondary N) is 1. The Kier molecular flexibility index (Phi) is 9.02. The van der Waals surface area contributed by atoms with E-state index in [0.717, 1.165) is 17.5 Å². The van der Waals surface area contributed by atoms with E-state index in [4.69, 9.17) is 19.0 Å². The third-order valence-corrected chi connectivity index (χ3v) is 6.23. The molecule has 2 aromatic rings. The Hall–Kier alpha value is -0.890. The highest BCUT2D eigenvalue weighted by Gasteiger charge is 2.30. The van der Waals surface area contributed by atoms with Crippen LogP contribution in [0.1, 0.15) is 25.5 Å². The van der Waals surface area contributed by atoms with Crippen molar-refractivity contribution in [1.82, 2.24) is 19.5 Å². The van der Waals surface area contributed by atoms with E-state index in [1.807, 2.05) is 6.26 Å². The molecule has 2 unspecified atom stereocenters. The average Bonchev–Trinajstić information content (AvgIpc) is 3.32. The molecule has 1 aliphatic rings. The first-order valence-corrected chi connectivity index (χ1v) is 12.9. The number of aromatic nitrogens is 4. The van der Waals surface area contributed by atoms with E-state index in [2.05, 4.69) is 20.3 Å². The van der Waals surface area contributed by atoms with Crippen LogP contribution in [-0.4, -0.2) is 72.5 Å². The minimum absolute atomic E-state index is 0.0524. The lowest BCUT2D eigenvalue weighted by Gasteiger charge is -2.16. The van der Waals surface area contributed by atoms with Gasteiger partial charge < -0.3 is 24.4 Å². The molecule has 0 spiro atoms. The van der Waals surface area contributed by atoms with Gasteiger partial charge in [-0.25, -0.2) is 15.0 Å². The Labute approximate surface area is 186 Å². The largest absolute Gasteiger partial charge is 0.389 e. The zero-order valence-corrected chi connectivity index (χ0v) is 19.1. The molecule has 0 aliphatic carbocycles. The zero-order valence-electron chi connectivity index (χ0n) is 16.6. The topological polar surface area (TPSA) is 115 Å². The fourth-order valence-corrected chi connectivity index (χ4v) is 4.42. The van der Waals surface area contributed by atoms with Crippen molar-refractivity contribution >= 4 is 49.1 Å². The van der Waals surface area contributed by atoms with Gasteiger partial charge in [0, 0.05) is 18.1 Å². The molecule has 3 rings (SSSR count). The number of alkyl halides is 3. The van der Waals surface area contributed by atoms with Crippen LogP contribution in [0, 0.1) is 0 Å². The lowest BCUT2D eigenvalue weighted by molar-refractivity contribution is -0.129. The minimum Gasteiger partial charge on any atom is -0.367 e. The van der Waals surface area contributed by atoms with Gasteiger partial charge in [0.2, 0.25) is 0 Å². The molecule has 31 heavy (non-hydrogen) atoms. The minimum atomic E-state index is -4.24. The van der Waals surface area contributed by atoms with Crippen LogP contribution in [0.4, 0.5) is 19.0 Å². The van der Waals surface area contributed by atoms with E-state index in [1.54, 1.807) is 22.7 Å². The summed E-state index contributed by atoms with van der Waals surface area (Å²) in [6, 6.07) is 0. The molecule has 0 radical (unpaired) electrons. The van der Waals surface area contributed by atoms with Crippen molar-refractivity contribution in [2.75, 3.05) is 36.2 Å². The van der Waals surface area contributed by atoms with E-state index in [0.29, 0.717) is 36.4 Å². The normalized spacial score (nSPS) is 19.6. The average molecular weight is 501 g/mol. The Morgan fingerprint density at radius 1 is 1.32 bits per heavy atom. The van der Waals surface area contributed by atoms with E-state index in [9.17, 15) is 13.2 Å². The number of hydrogen-bond donors (Lipinski definition) is 3. The SMILES string of the molecule is CSCCNc1nc(SCCC(F)(F)F)nc2c1ncn2C1CCC(COP(O)O)O1. The third kappa shape index (κ3) is 7.31. The van der Waals surface area contributed by atoms with Gasteiger partial charge >= 0.3 is 14.8 Å². The second-order valence-corrected chi connectivity index (χ2v) is 9.46. The van der Waals surface area contributed by atoms with Crippen molar-refractivity contribution in [3.63, 3.8) is 0 Å². The van der Waals surface area contributed by atoms with Gasteiger partial charge in [0.25, 0.3) is 0 Å². The van der Waals surface area contributed by atoms with Crippen LogP contribution in [0.2, 0.25) is 0 Å². The highest BCUT2D eigenvalue weighted by atomic mass is 32.2. The second kappa shape index (κ2) is 11.3. The summed E-state index contributed by atoms with van der Waals surface area (Å²) in [4.78, 5) is 31.0. The van der Waals surface area contributed by atoms with Crippen LogP contribution < -0.4 is 5.32 Å². The van der Waals surface area contributed by atoms with E-state index in [-0.39, 0.29) is 23.6 Å². The van der Waals surface area contributed by atoms with E-state index in [1.165, 1.54) is 0 Å². The van der Waals surface area contributed by atoms with Gasteiger partial charge in [-0.1, -0.05) is 11.8 Å². The summed E-state index contributed by atoms with van der Waals surface area (Å²) in [6.07, 6.45) is -1.07. The van der Waals surface area contributed by atoms with Gasteiger partial charge in [-0.3, -0.25) is 4.57 Å². The number of halogens is 3. The van der Waals surface area contributed by atoms with Crippen molar-refractivity contribution in [1.29, 1.82) is 0 Å². The summed E-state index contributed by atoms with van der Waals surface area (Å²) in [5, 5.41) is 3.41. The Morgan fingerprint density at radius 3 is 2.84 bits per heavy atom. The molecule has 0 amide bonds. The molecule has 3 heterocycles. The molecule has 1 aliphatic heterocycles. The summed E-state index contributed by atoms with van der Waals surface area (Å²) in [5.41, 5.74) is 0.980. The highest BCUT2D eigenvalue weighted by molar-refractivity contribution is 7.99. The number of ether oxygens (including phenoxy) is 1. The van der Waals surface area contributed by atoms with Crippen LogP contribution in [0.3, 0.4) is 0 Å². The lowest BCUT2D eigenvalue weighted by Crippen LogP contribution is -2.16. The molecule has 15 heteroatoms. The van der Waals surface area contributed by atoms with Gasteiger partial charge in [0.05, 0.1) is 25.5 Å². The predicted octanol–water partition coefficient (Wildman–Crippen LogP) is 3.55. The number of rotatable bonds is 11. The fourth-order valence-electron chi connectivity index (χ4n) is 2.99. The highest BCUT2D eigenvalue weighted by Crippen LogP contribution is 2.35. The molecular weight excluding hydrogens is 478 g/mol. The van der Waals surface area contributed by atoms with Crippen molar-refractivity contribution in [3.8, 4) is 0 Å². The fraction of sp³-hybridized carbons (Fsp3) is 0.688. The summed E-state index contributed by atoms with van der Waals surface area (Å²) >= 11 is 2.59. The summed E-state index contributed by atoms with van der Waals surface area (Å²) in [5.74, 6) is 1.11. The number of hydrogen-bond acceptors (Lipinski definition) is 10. The number of thioether (sulfide) groups is 2. The molecule has 9 nitrogen and oxygen atoms in total. The van der Waals surface area contributed by atoms with Crippen molar-refractivity contribution in [3.05, 3.63) is 6.33 Å². The number of anilines is 1. The molecule has 0 aromatic carbocycles. The van der Waals surface area contributed by atoms with Crippen LogP contribution >= 0.6 is 32.1 Å². The first-order valence-electron chi connectivity index (χ1n) is 9.40. The van der Waals surface area contributed by atoms with Gasteiger partial charge in [-0.05, 0) is 19.1 Å². The third-order valence-electron chi connectivity index (χ3n) is 4.39. The first kappa shape index (κ1) is 24.7. The molecule has 0 saturated carbocycles. The van der Waals surface area contributed by atoms with Crippen LogP contribution in [0.25, 0.3) is 11.2 Å². The summed E-state index contributed by atoms with van der Waals surface area (Å²) in [6.45, 7) is 0.675. The standard InChI is InChI=1S/C16H23F3N5O4PS2/c1-30-7-5-20-13-12-14(23-15(22-13)31-6-4-16(17,18)19)24(9-21-12)11-3-2-10(28-11)8-27-29(25)26/h9-11,25-26H,2-8H2,1H3,(H,20,22,23). The molecule has 3 N–H and O–H groups in total. The molecule has 2 atom stereocenters. The predicted molar refractivity (Wildman–Crippen MR) is 114 cm³/mol. The maximum absolute atomic E-state index is 12.5. The number of imidazole rings is 1.